The Labute approximate surface area is 177 Å². The lowest BCUT2D eigenvalue weighted by Crippen LogP contribution is -2.68. The molecular formula is C21H20F2N6O2. The van der Waals surface area contributed by atoms with Gasteiger partial charge in [0, 0.05) is 32.1 Å². The van der Waals surface area contributed by atoms with Gasteiger partial charge in [-0.15, -0.1) is 0 Å². The van der Waals surface area contributed by atoms with Crippen molar-refractivity contribution in [3.05, 3.63) is 48.4 Å². The summed E-state index contributed by atoms with van der Waals surface area (Å²) >= 11 is 0. The molecule has 2 aliphatic heterocycles. The van der Waals surface area contributed by atoms with Crippen LogP contribution in [0.15, 0.2) is 36.8 Å². The third-order valence-electron chi connectivity index (χ3n) is 5.99. The summed E-state index contributed by atoms with van der Waals surface area (Å²) in [5, 5.41) is 0. The SMILES string of the molecule is CCC12COCCN1c1nc(-n3ccnc3-c3ccc(F)cc3F)ncc1N(C)C2=O. The molecule has 3 aromatic rings. The van der Waals surface area contributed by atoms with E-state index in [1.165, 1.54) is 18.3 Å². The maximum atomic E-state index is 14.4. The first-order chi connectivity index (χ1) is 15.0. The number of carbonyl (C=O) groups excluding carboxylic acids is 1. The number of rotatable bonds is 3. The Balaban J connectivity index is 1.64. The van der Waals surface area contributed by atoms with Crippen molar-refractivity contribution in [3.8, 4) is 17.3 Å². The molecule has 1 unspecified atom stereocenters. The molecule has 0 N–H and O–H groups in total. The van der Waals surface area contributed by atoms with Crippen molar-refractivity contribution in [2.24, 2.45) is 0 Å². The average molecular weight is 426 g/mol. The second-order valence-corrected chi connectivity index (χ2v) is 7.58. The number of halogens is 2. The molecule has 5 rings (SSSR count). The zero-order chi connectivity index (χ0) is 21.8. The van der Waals surface area contributed by atoms with Crippen molar-refractivity contribution in [1.82, 2.24) is 19.5 Å². The number of hydrogen-bond acceptors (Lipinski definition) is 6. The van der Waals surface area contributed by atoms with Crippen LogP contribution in [0.25, 0.3) is 17.3 Å². The monoisotopic (exact) mass is 426 g/mol. The molecule has 31 heavy (non-hydrogen) atoms. The van der Waals surface area contributed by atoms with Crippen molar-refractivity contribution >= 4 is 17.4 Å². The number of hydrogen-bond donors (Lipinski definition) is 0. The summed E-state index contributed by atoms with van der Waals surface area (Å²) in [6, 6.07) is 3.32. The number of nitrogens with zero attached hydrogens (tertiary/aromatic N) is 6. The van der Waals surface area contributed by atoms with Gasteiger partial charge >= 0.3 is 0 Å². The Hall–Kier alpha value is -3.40. The highest BCUT2D eigenvalue weighted by molar-refractivity contribution is 6.07. The van der Waals surface area contributed by atoms with Crippen LogP contribution in [0, 0.1) is 11.6 Å². The summed E-state index contributed by atoms with van der Waals surface area (Å²) in [6.07, 6.45) is 5.26. The number of amides is 1. The molecule has 160 valence electrons. The van der Waals surface area contributed by atoms with E-state index in [4.69, 9.17) is 9.72 Å². The average Bonchev–Trinajstić information content (AvgIpc) is 3.26. The molecule has 1 saturated heterocycles. The van der Waals surface area contributed by atoms with Crippen LogP contribution in [0.5, 0.6) is 0 Å². The molecule has 1 fully saturated rings. The Morgan fingerprint density at radius 2 is 2.10 bits per heavy atom. The van der Waals surface area contributed by atoms with E-state index in [0.29, 0.717) is 31.1 Å². The molecule has 0 aliphatic carbocycles. The number of anilines is 2. The number of morpholine rings is 1. The number of benzene rings is 1. The number of fused-ring (bicyclic) bond motifs is 3. The Morgan fingerprint density at radius 1 is 1.26 bits per heavy atom. The van der Waals surface area contributed by atoms with Crippen molar-refractivity contribution in [2.45, 2.75) is 18.9 Å². The molecule has 2 aliphatic rings. The normalized spacial score (nSPS) is 20.6. The fourth-order valence-corrected chi connectivity index (χ4v) is 4.28. The van der Waals surface area contributed by atoms with Crippen LogP contribution < -0.4 is 9.80 Å². The summed E-state index contributed by atoms with van der Waals surface area (Å²) in [6.45, 7) is 3.23. The summed E-state index contributed by atoms with van der Waals surface area (Å²) < 4.78 is 34.9. The maximum Gasteiger partial charge on any atom is 0.255 e. The molecule has 0 bridgehead atoms. The smallest absolute Gasteiger partial charge is 0.255 e. The Morgan fingerprint density at radius 3 is 2.87 bits per heavy atom. The van der Waals surface area contributed by atoms with E-state index < -0.39 is 17.2 Å². The van der Waals surface area contributed by atoms with Gasteiger partial charge in [-0.1, -0.05) is 6.92 Å². The number of imidazole rings is 1. The zero-order valence-corrected chi connectivity index (χ0v) is 17.0. The van der Waals surface area contributed by atoms with Gasteiger partial charge in [0.1, 0.15) is 28.7 Å². The van der Waals surface area contributed by atoms with Gasteiger partial charge < -0.3 is 14.5 Å². The summed E-state index contributed by atoms with van der Waals surface area (Å²) in [5.41, 5.74) is -0.101. The zero-order valence-electron chi connectivity index (χ0n) is 17.0. The lowest BCUT2D eigenvalue weighted by molar-refractivity contribution is -0.128. The van der Waals surface area contributed by atoms with Crippen LogP contribution in [0.2, 0.25) is 0 Å². The van der Waals surface area contributed by atoms with Crippen LogP contribution in [-0.2, 0) is 9.53 Å². The highest BCUT2D eigenvalue weighted by Crippen LogP contribution is 2.41. The molecule has 2 aromatic heterocycles. The molecule has 1 aromatic carbocycles. The third kappa shape index (κ3) is 2.82. The van der Waals surface area contributed by atoms with E-state index in [1.807, 2.05) is 11.8 Å². The molecule has 0 radical (unpaired) electrons. The van der Waals surface area contributed by atoms with Gasteiger partial charge in [-0.2, -0.15) is 4.98 Å². The number of ether oxygens (including phenoxy) is 1. The van der Waals surface area contributed by atoms with Gasteiger partial charge in [0.15, 0.2) is 5.82 Å². The van der Waals surface area contributed by atoms with Gasteiger partial charge in [0.05, 0.1) is 25.0 Å². The van der Waals surface area contributed by atoms with Gasteiger partial charge in [0.25, 0.3) is 5.91 Å². The fraction of sp³-hybridized carbons (Fsp3) is 0.333. The van der Waals surface area contributed by atoms with Crippen LogP contribution in [0.4, 0.5) is 20.3 Å². The quantitative estimate of drug-likeness (QED) is 0.641. The minimum absolute atomic E-state index is 0.0600. The van der Waals surface area contributed by atoms with Crippen molar-refractivity contribution in [1.29, 1.82) is 0 Å². The third-order valence-corrected chi connectivity index (χ3v) is 5.99. The first kappa shape index (κ1) is 19.6. The first-order valence-electron chi connectivity index (χ1n) is 9.96. The predicted octanol–water partition coefficient (Wildman–Crippen LogP) is 2.57. The second kappa shape index (κ2) is 7.09. The Bertz CT molecular complexity index is 1180. The minimum Gasteiger partial charge on any atom is -0.377 e. The summed E-state index contributed by atoms with van der Waals surface area (Å²) in [4.78, 5) is 30.1. The van der Waals surface area contributed by atoms with Gasteiger partial charge in [0.2, 0.25) is 5.95 Å². The van der Waals surface area contributed by atoms with Gasteiger partial charge in [-0.3, -0.25) is 9.36 Å². The minimum atomic E-state index is -0.827. The van der Waals surface area contributed by atoms with Crippen LogP contribution >= 0.6 is 0 Å². The van der Waals surface area contributed by atoms with E-state index in [9.17, 15) is 13.6 Å². The van der Waals surface area contributed by atoms with E-state index in [2.05, 4.69) is 9.97 Å². The molecule has 1 atom stereocenters. The van der Waals surface area contributed by atoms with E-state index in [1.54, 1.807) is 28.9 Å². The highest BCUT2D eigenvalue weighted by atomic mass is 19.1. The molecule has 0 spiro atoms. The van der Waals surface area contributed by atoms with Crippen molar-refractivity contribution in [2.75, 3.05) is 36.6 Å². The Kier molecular flexibility index (Phi) is 4.47. The number of likely N-dealkylation sites (N-methyl/N-ethyl adjacent to an activating group) is 1. The number of aromatic nitrogens is 4. The molecule has 10 heteroatoms. The predicted molar refractivity (Wildman–Crippen MR) is 109 cm³/mol. The topological polar surface area (TPSA) is 76.4 Å². The molecule has 4 heterocycles. The van der Waals surface area contributed by atoms with Gasteiger partial charge in [-0.05, 0) is 18.6 Å². The van der Waals surface area contributed by atoms with E-state index >= 15 is 0 Å². The standard InChI is InChI=1S/C21H20F2N6O2/c1-3-21-12-31-9-8-29(21)18-16(27(2)19(21)30)11-25-20(26-18)28-7-6-24-17(28)14-5-4-13(22)10-15(14)23/h4-7,10-11H,3,8-9,12H2,1-2H3. The lowest BCUT2D eigenvalue weighted by Gasteiger charge is -2.51. The maximum absolute atomic E-state index is 14.4. The second-order valence-electron chi connectivity index (χ2n) is 7.58. The van der Waals surface area contributed by atoms with Crippen LogP contribution in [0.1, 0.15) is 13.3 Å². The fourth-order valence-electron chi connectivity index (χ4n) is 4.28. The largest absolute Gasteiger partial charge is 0.377 e. The van der Waals surface area contributed by atoms with Crippen LogP contribution in [0.3, 0.4) is 0 Å². The molecule has 1 amide bonds. The van der Waals surface area contributed by atoms with Crippen LogP contribution in [-0.4, -0.2) is 57.8 Å². The summed E-state index contributed by atoms with van der Waals surface area (Å²) in [5.74, 6) is -0.323. The first-order valence-corrected chi connectivity index (χ1v) is 9.96. The lowest BCUT2D eigenvalue weighted by atomic mass is 9.89. The van der Waals surface area contributed by atoms with E-state index in [0.717, 1.165) is 6.07 Å². The van der Waals surface area contributed by atoms with Crippen molar-refractivity contribution < 1.29 is 18.3 Å². The number of carbonyl (C=O) groups is 1. The summed E-state index contributed by atoms with van der Waals surface area (Å²) in [7, 11) is 1.70. The van der Waals surface area contributed by atoms with Gasteiger partial charge in [-0.25, -0.2) is 18.7 Å². The van der Waals surface area contributed by atoms with Crippen molar-refractivity contribution in [3.63, 3.8) is 0 Å². The molecular weight excluding hydrogens is 406 g/mol. The highest BCUT2D eigenvalue weighted by Gasteiger charge is 2.52. The molecule has 8 nitrogen and oxygen atoms in total. The molecule has 0 saturated carbocycles. The van der Waals surface area contributed by atoms with E-state index in [-0.39, 0.29) is 29.9 Å².